The molecule has 0 radical (unpaired) electrons. The molecule has 2 rings (SSSR count). The van der Waals surface area contributed by atoms with E-state index in [1.165, 1.54) is 74.3 Å². The van der Waals surface area contributed by atoms with Gasteiger partial charge in [-0.25, -0.2) is 0 Å². The molecular formula is C27H43NSi. The minimum absolute atomic E-state index is 0.533. The first kappa shape index (κ1) is 23.9. The van der Waals surface area contributed by atoms with Crippen molar-refractivity contribution in [1.82, 2.24) is 4.57 Å². The van der Waals surface area contributed by atoms with Crippen LogP contribution in [-0.2, 0) is 6.42 Å². The van der Waals surface area contributed by atoms with E-state index in [-0.39, 0.29) is 0 Å². The van der Waals surface area contributed by atoms with Crippen molar-refractivity contribution in [3.05, 3.63) is 71.3 Å². The molecule has 160 valence electrons. The highest BCUT2D eigenvalue weighted by Gasteiger charge is 2.26. The SMILES string of the molecule is CCCCCC(c1ccccc1)c1ccc(CCC[Si](C)(C)N(CC)CC)cc1. The van der Waals surface area contributed by atoms with Gasteiger partial charge in [0.25, 0.3) is 0 Å². The van der Waals surface area contributed by atoms with Gasteiger partial charge in [-0.1, -0.05) is 114 Å². The van der Waals surface area contributed by atoms with Crippen LogP contribution < -0.4 is 0 Å². The van der Waals surface area contributed by atoms with Gasteiger partial charge in [-0.05, 0) is 48.7 Å². The third kappa shape index (κ3) is 7.42. The summed E-state index contributed by atoms with van der Waals surface area (Å²) in [7, 11) is -1.24. The van der Waals surface area contributed by atoms with E-state index in [1.54, 1.807) is 0 Å². The zero-order chi connectivity index (χ0) is 21.1. The topological polar surface area (TPSA) is 3.24 Å². The summed E-state index contributed by atoms with van der Waals surface area (Å²) in [4.78, 5) is 0. The van der Waals surface area contributed by atoms with Crippen LogP contribution in [0.15, 0.2) is 54.6 Å². The number of benzene rings is 2. The molecule has 0 fully saturated rings. The van der Waals surface area contributed by atoms with Crippen LogP contribution in [0.1, 0.15) is 75.5 Å². The van der Waals surface area contributed by atoms with Crippen LogP contribution in [0.4, 0.5) is 0 Å². The zero-order valence-electron chi connectivity index (χ0n) is 19.6. The van der Waals surface area contributed by atoms with Crippen LogP contribution in [0.2, 0.25) is 19.1 Å². The van der Waals surface area contributed by atoms with Crippen LogP contribution in [-0.4, -0.2) is 25.9 Å². The summed E-state index contributed by atoms with van der Waals surface area (Å²) in [6.45, 7) is 14.4. The summed E-state index contributed by atoms with van der Waals surface area (Å²) in [5, 5.41) is 0. The number of unbranched alkanes of at least 4 members (excludes halogenated alkanes) is 2. The van der Waals surface area contributed by atoms with Crippen LogP contribution in [0.3, 0.4) is 0 Å². The number of hydrogen-bond donors (Lipinski definition) is 0. The van der Waals surface area contributed by atoms with Gasteiger partial charge in [0.2, 0.25) is 0 Å². The Morgan fingerprint density at radius 1 is 0.759 bits per heavy atom. The molecule has 1 nitrogen and oxygen atoms in total. The molecule has 0 amide bonds. The zero-order valence-corrected chi connectivity index (χ0v) is 20.6. The van der Waals surface area contributed by atoms with Gasteiger partial charge in [-0.3, -0.25) is 0 Å². The third-order valence-electron chi connectivity index (χ3n) is 6.55. The highest BCUT2D eigenvalue weighted by Crippen LogP contribution is 2.30. The van der Waals surface area contributed by atoms with E-state index >= 15 is 0 Å². The van der Waals surface area contributed by atoms with Crippen molar-refractivity contribution in [2.75, 3.05) is 13.1 Å². The molecule has 0 aromatic heterocycles. The summed E-state index contributed by atoms with van der Waals surface area (Å²) in [5.41, 5.74) is 4.44. The summed E-state index contributed by atoms with van der Waals surface area (Å²) < 4.78 is 2.72. The maximum Gasteiger partial charge on any atom is 0.122 e. The average molecular weight is 410 g/mol. The van der Waals surface area contributed by atoms with Crippen LogP contribution >= 0.6 is 0 Å². The fraction of sp³-hybridized carbons (Fsp3) is 0.556. The molecule has 0 N–H and O–H groups in total. The Labute approximate surface area is 181 Å². The molecule has 0 aliphatic rings. The second kappa shape index (κ2) is 12.3. The second-order valence-electron chi connectivity index (χ2n) is 9.04. The van der Waals surface area contributed by atoms with Gasteiger partial charge in [0.15, 0.2) is 0 Å². The van der Waals surface area contributed by atoms with E-state index in [4.69, 9.17) is 0 Å². The van der Waals surface area contributed by atoms with Crippen molar-refractivity contribution in [1.29, 1.82) is 0 Å². The number of nitrogens with zero attached hydrogens (tertiary/aromatic N) is 1. The first-order valence-corrected chi connectivity index (χ1v) is 15.1. The fourth-order valence-corrected chi connectivity index (χ4v) is 7.76. The maximum atomic E-state index is 2.72. The molecule has 0 saturated heterocycles. The lowest BCUT2D eigenvalue weighted by Crippen LogP contribution is -2.48. The number of rotatable bonds is 13. The molecule has 0 heterocycles. The van der Waals surface area contributed by atoms with Crippen molar-refractivity contribution in [2.45, 2.75) is 84.4 Å². The normalized spacial score (nSPS) is 13.0. The average Bonchev–Trinajstić information content (AvgIpc) is 2.73. The Balaban J connectivity index is 1.99. The lowest BCUT2D eigenvalue weighted by Gasteiger charge is -2.35. The van der Waals surface area contributed by atoms with E-state index in [9.17, 15) is 0 Å². The number of hydrogen-bond acceptors (Lipinski definition) is 1. The van der Waals surface area contributed by atoms with Crippen LogP contribution in [0.25, 0.3) is 0 Å². The molecular weight excluding hydrogens is 366 g/mol. The Bertz CT molecular complexity index is 673. The molecule has 0 aliphatic heterocycles. The number of aryl methyl sites for hydroxylation is 1. The van der Waals surface area contributed by atoms with Crippen LogP contribution in [0, 0.1) is 0 Å². The van der Waals surface area contributed by atoms with Crippen molar-refractivity contribution in [3.63, 3.8) is 0 Å². The van der Waals surface area contributed by atoms with Crippen molar-refractivity contribution in [3.8, 4) is 0 Å². The Morgan fingerprint density at radius 2 is 1.38 bits per heavy atom. The third-order valence-corrected chi connectivity index (χ3v) is 10.5. The molecule has 0 spiro atoms. The van der Waals surface area contributed by atoms with E-state index in [0.717, 1.165) is 0 Å². The predicted octanol–water partition coefficient (Wildman–Crippen LogP) is 7.88. The van der Waals surface area contributed by atoms with Gasteiger partial charge in [0.05, 0.1) is 0 Å². The summed E-state index contributed by atoms with van der Waals surface area (Å²) >= 11 is 0. The lowest BCUT2D eigenvalue weighted by molar-refractivity contribution is 0.463. The Hall–Kier alpha value is -1.38. The summed E-state index contributed by atoms with van der Waals surface area (Å²) in [6, 6.07) is 22.0. The van der Waals surface area contributed by atoms with Gasteiger partial charge in [-0.15, -0.1) is 0 Å². The van der Waals surface area contributed by atoms with Gasteiger partial charge >= 0.3 is 0 Å². The molecule has 2 aromatic carbocycles. The van der Waals surface area contributed by atoms with Crippen molar-refractivity contribution >= 4 is 8.24 Å². The van der Waals surface area contributed by atoms with Gasteiger partial charge in [0.1, 0.15) is 8.24 Å². The predicted molar refractivity (Wildman–Crippen MR) is 132 cm³/mol. The quantitative estimate of drug-likeness (QED) is 0.240. The van der Waals surface area contributed by atoms with Gasteiger partial charge in [0, 0.05) is 5.92 Å². The van der Waals surface area contributed by atoms with Crippen LogP contribution in [0.5, 0.6) is 0 Å². The largest absolute Gasteiger partial charge is 0.324 e. The Kier molecular flexibility index (Phi) is 10.2. The molecule has 0 saturated carbocycles. The monoisotopic (exact) mass is 409 g/mol. The minimum atomic E-state index is -1.24. The fourth-order valence-electron chi connectivity index (χ4n) is 4.69. The van der Waals surface area contributed by atoms with E-state index in [0.29, 0.717) is 5.92 Å². The summed E-state index contributed by atoms with van der Waals surface area (Å²) in [5.74, 6) is 0.533. The molecule has 1 atom stereocenters. The Morgan fingerprint density at radius 3 is 1.97 bits per heavy atom. The van der Waals surface area contributed by atoms with E-state index in [1.807, 2.05) is 0 Å². The standard InChI is InChI=1S/C27H43NSi/c1-6-9-11-18-27(25-16-12-10-13-17-25)26-21-19-24(20-22-26)15-14-23-29(4,5)28(7-2)8-3/h10,12-13,16-17,19-22,27H,6-9,11,14-15,18,23H2,1-5H3. The van der Waals surface area contributed by atoms with Crippen molar-refractivity contribution < 1.29 is 0 Å². The minimum Gasteiger partial charge on any atom is -0.324 e. The first-order chi connectivity index (χ1) is 14.0. The van der Waals surface area contributed by atoms with E-state index in [2.05, 4.69) is 93.0 Å². The molecule has 29 heavy (non-hydrogen) atoms. The highest BCUT2D eigenvalue weighted by molar-refractivity contribution is 6.74. The van der Waals surface area contributed by atoms with Gasteiger partial charge < -0.3 is 4.57 Å². The van der Waals surface area contributed by atoms with Crippen molar-refractivity contribution in [2.24, 2.45) is 0 Å². The lowest BCUT2D eigenvalue weighted by atomic mass is 9.86. The molecule has 0 aliphatic carbocycles. The smallest absolute Gasteiger partial charge is 0.122 e. The molecule has 2 aromatic rings. The first-order valence-electron chi connectivity index (χ1n) is 11.9. The molecule has 2 heteroatoms. The highest BCUT2D eigenvalue weighted by atomic mass is 28.3. The van der Waals surface area contributed by atoms with E-state index < -0.39 is 8.24 Å². The molecule has 1 unspecified atom stereocenters. The summed E-state index contributed by atoms with van der Waals surface area (Å²) in [6.07, 6.45) is 7.70. The second-order valence-corrected chi connectivity index (χ2v) is 13.8. The maximum absolute atomic E-state index is 2.72. The molecule has 0 bridgehead atoms. The van der Waals surface area contributed by atoms with Gasteiger partial charge in [-0.2, -0.15) is 0 Å².